The zero-order valence-corrected chi connectivity index (χ0v) is 15.8. The van der Waals surface area contributed by atoms with Crippen LogP contribution in [0.1, 0.15) is 38.4 Å². The van der Waals surface area contributed by atoms with Gasteiger partial charge in [-0.25, -0.2) is 4.98 Å². The number of rotatable bonds is 5. The molecule has 0 bridgehead atoms. The lowest BCUT2D eigenvalue weighted by molar-refractivity contribution is 0.418. The van der Waals surface area contributed by atoms with Crippen LogP contribution in [0.4, 0.5) is 0 Å². The average molecular weight is 390 g/mol. The summed E-state index contributed by atoms with van der Waals surface area (Å²) in [6, 6.07) is 2.07. The summed E-state index contributed by atoms with van der Waals surface area (Å²) < 4.78 is 16.6. The first-order valence-electron chi connectivity index (χ1n) is 6.63. The number of imidazole rings is 1. The van der Waals surface area contributed by atoms with Crippen LogP contribution in [-0.2, 0) is 23.3 Å². The number of thiophene rings is 1. The van der Waals surface area contributed by atoms with Crippen LogP contribution in [0.15, 0.2) is 28.3 Å². The number of H-pyrrole nitrogens is 1. The lowest BCUT2D eigenvalue weighted by Gasteiger charge is -2.34. The summed E-state index contributed by atoms with van der Waals surface area (Å²) in [5.74, 6) is 0.875. The molecule has 7 heteroatoms. The summed E-state index contributed by atoms with van der Waals surface area (Å²) >= 11 is 3.98. The molecular weight excluding hydrogens is 370 g/mol. The van der Waals surface area contributed by atoms with E-state index in [1.165, 1.54) is 0 Å². The van der Waals surface area contributed by atoms with Crippen LogP contribution in [-0.4, -0.2) is 19.3 Å². The third-order valence-electron chi connectivity index (χ3n) is 3.06. The fourth-order valence-electron chi connectivity index (χ4n) is 1.86. The van der Waals surface area contributed by atoms with Gasteiger partial charge in [0.05, 0.1) is 0 Å². The van der Waals surface area contributed by atoms with Crippen molar-refractivity contribution in [2.75, 3.05) is 0 Å². The number of hydrogen-bond acceptors (Lipinski definition) is 4. The third-order valence-corrected chi connectivity index (χ3v) is 6.76. The van der Waals surface area contributed by atoms with Crippen LogP contribution in [0.2, 0.25) is 0 Å². The van der Waals surface area contributed by atoms with Crippen LogP contribution in [0.25, 0.3) is 0 Å². The topological polar surface area (TPSA) is 63.8 Å². The van der Waals surface area contributed by atoms with Crippen molar-refractivity contribution in [2.24, 2.45) is 0 Å². The summed E-state index contributed by atoms with van der Waals surface area (Å²) in [5.41, 5.74) is -0.438. The van der Waals surface area contributed by atoms with Gasteiger partial charge in [0.1, 0.15) is 16.1 Å². The minimum Gasteiger partial charge on any atom is -0.598 e. The molecule has 0 unspecified atom stereocenters. The van der Waals surface area contributed by atoms with Gasteiger partial charge in [0, 0.05) is 44.9 Å². The van der Waals surface area contributed by atoms with Gasteiger partial charge in [-0.3, -0.25) is 0 Å². The maximum absolute atomic E-state index is 12.6. The second kappa shape index (κ2) is 6.42. The van der Waals surface area contributed by atoms with E-state index < -0.39 is 16.9 Å². The molecule has 0 fully saturated rings. The van der Waals surface area contributed by atoms with E-state index in [0.717, 1.165) is 15.2 Å². The summed E-state index contributed by atoms with van der Waals surface area (Å²) in [4.78, 5) is 8.55. The first-order chi connectivity index (χ1) is 9.71. The molecule has 21 heavy (non-hydrogen) atoms. The average Bonchev–Trinajstić information content (AvgIpc) is 2.99. The van der Waals surface area contributed by atoms with E-state index in [2.05, 4.69) is 43.6 Å². The Balaban J connectivity index is 2.29. The second-order valence-electron chi connectivity index (χ2n) is 6.16. The van der Waals surface area contributed by atoms with E-state index in [4.69, 9.17) is 0 Å². The number of halogens is 1. The molecule has 0 aliphatic carbocycles. The van der Waals surface area contributed by atoms with Crippen molar-refractivity contribution in [3.8, 4) is 0 Å². The molecular formula is C14H20BrN3OS2. The Hall–Kier alpha value is -0.340. The molecule has 0 aliphatic rings. The molecule has 4 nitrogen and oxygen atoms in total. The second-order valence-corrected chi connectivity index (χ2v) is 9.95. The summed E-state index contributed by atoms with van der Waals surface area (Å²) in [6.45, 7) is 7.96. The normalized spacial score (nSPS) is 16.7. The van der Waals surface area contributed by atoms with Crippen LogP contribution < -0.4 is 4.72 Å². The van der Waals surface area contributed by atoms with E-state index in [1.54, 1.807) is 23.7 Å². The number of aromatic amines is 1. The third kappa shape index (κ3) is 4.32. The maximum atomic E-state index is 12.6. The highest BCUT2D eigenvalue weighted by molar-refractivity contribution is 9.10. The first-order valence-corrected chi connectivity index (χ1v) is 9.45. The molecule has 0 saturated carbocycles. The quantitative estimate of drug-likeness (QED) is 0.765. The zero-order chi connectivity index (χ0) is 15.7. The molecule has 116 valence electrons. The lowest BCUT2D eigenvalue weighted by atomic mass is 9.97. The molecule has 0 spiro atoms. The largest absolute Gasteiger partial charge is 0.598 e. The number of hydrogen-bond donors (Lipinski definition) is 2. The number of nitrogens with zero attached hydrogens (tertiary/aromatic N) is 1. The van der Waals surface area contributed by atoms with Crippen molar-refractivity contribution in [1.82, 2.24) is 14.7 Å². The summed E-state index contributed by atoms with van der Waals surface area (Å²) in [6.07, 6.45) is 4.19. The van der Waals surface area contributed by atoms with Crippen molar-refractivity contribution in [2.45, 2.75) is 44.4 Å². The van der Waals surface area contributed by atoms with Crippen LogP contribution >= 0.6 is 27.3 Å². The SMILES string of the molecule is CC(C)(C)[S@@+]([O-])N[C@@](C)(Cc1ncc[nH]1)c1cc(Br)cs1. The Bertz CT molecular complexity index is 579. The van der Waals surface area contributed by atoms with E-state index >= 15 is 0 Å². The van der Waals surface area contributed by atoms with Crippen molar-refractivity contribution in [1.29, 1.82) is 0 Å². The van der Waals surface area contributed by atoms with Crippen LogP contribution in [0.5, 0.6) is 0 Å². The van der Waals surface area contributed by atoms with Gasteiger partial charge >= 0.3 is 0 Å². The van der Waals surface area contributed by atoms with Gasteiger partial charge in [-0.15, -0.1) is 16.1 Å². The fourth-order valence-corrected chi connectivity index (χ4v) is 4.37. The molecule has 0 aromatic carbocycles. The minimum absolute atomic E-state index is 0.321. The number of aromatic nitrogens is 2. The van der Waals surface area contributed by atoms with Gasteiger partial charge in [0.25, 0.3) is 0 Å². The predicted octanol–water partition coefficient (Wildman–Crippen LogP) is 3.74. The molecule has 0 radical (unpaired) electrons. The van der Waals surface area contributed by atoms with Gasteiger partial charge in [-0.05, 0) is 49.7 Å². The highest BCUT2D eigenvalue weighted by Gasteiger charge is 2.38. The molecule has 2 heterocycles. The van der Waals surface area contributed by atoms with Gasteiger partial charge in [-0.2, -0.15) is 0 Å². The molecule has 2 atom stereocenters. The van der Waals surface area contributed by atoms with E-state index in [-0.39, 0.29) is 4.75 Å². The van der Waals surface area contributed by atoms with Crippen LogP contribution in [0.3, 0.4) is 0 Å². The first kappa shape index (κ1) is 17.0. The monoisotopic (exact) mass is 389 g/mol. The Morgan fingerprint density at radius 3 is 2.62 bits per heavy atom. The van der Waals surface area contributed by atoms with Gasteiger partial charge in [0.15, 0.2) is 0 Å². The molecule has 0 amide bonds. The summed E-state index contributed by atoms with van der Waals surface area (Å²) in [5, 5.41) is 2.04. The Kier molecular flexibility index (Phi) is 5.20. The smallest absolute Gasteiger partial charge is 0.136 e. The minimum atomic E-state index is -1.16. The van der Waals surface area contributed by atoms with E-state index in [9.17, 15) is 4.55 Å². The van der Waals surface area contributed by atoms with Gasteiger partial charge in [0.2, 0.25) is 0 Å². The predicted molar refractivity (Wildman–Crippen MR) is 92.7 cm³/mol. The Morgan fingerprint density at radius 2 is 2.14 bits per heavy atom. The lowest BCUT2D eigenvalue weighted by Crippen LogP contribution is -2.50. The van der Waals surface area contributed by atoms with Crippen molar-refractivity contribution in [3.05, 3.63) is 39.0 Å². The Labute approximate surface area is 141 Å². The molecule has 0 saturated heterocycles. The van der Waals surface area contributed by atoms with Crippen molar-refractivity contribution >= 4 is 38.6 Å². The van der Waals surface area contributed by atoms with E-state index in [0.29, 0.717) is 6.42 Å². The molecule has 2 aromatic rings. The molecule has 2 N–H and O–H groups in total. The van der Waals surface area contributed by atoms with Crippen molar-refractivity contribution in [3.63, 3.8) is 0 Å². The maximum Gasteiger partial charge on any atom is 0.136 e. The van der Waals surface area contributed by atoms with Crippen molar-refractivity contribution < 1.29 is 4.55 Å². The fraction of sp³-hybridized carbons (Fsp3) is 0.500. The Morgan fingerprint density at radius 1 is 1.43 bits per heavy atom. The van der Waals surface area contributed by atoms with Crippen LogP contribution in [0, 0.1) is 0 Å². The van der Waals surface area contributed by atoms with E-state index in [1.807, 2.05) is 26.2 Å². The molecule has 2 aromatic heterocycles. The number of nitrogens with one attached hydrogen (secondary N) is 2. The highest BCUT2D eigenvalue weighted by atomic mass is 79.9. The van der Waals surface area contributed by atoms with Gasteiger partial charge in [-0.1, -0.05) is 0 Å². The van der Waals surface area contributed by atoms with Gasteiger partial charge < -0.3 is 9.54 Å². The molecule has 2 rings (SSSR count). The molecule has 0 aliphatic heterocycles. The highest BCUT2D eigenvalue weighted by Crippen LogP contribution is 2.34. The summed E-state index contributed by atoms with van der Waals surface area (Å²) in [7, 11) is 0. The standard InChI is InChI=1S/C14H20BrN3OS2/c1-13(2,3)21(19)18-14(4,8-12-16-5-6-17-12)11-7-10(15)9-20-11/h5-7,9,18H,8H2,1-4H3,(H,16,17)/t14-,21+/m0/s1. The zero-order valence-electron chi connectivity index (χ0n) is 12.6.